The number of hydrogen-bond donors (Lipinski definition) is 1. The number of sulfonamides is 1. The Bertz CT molecular complexity index is 878. The van der Waals surface area contributed by atoms with Crippen LogP contribution in [0.25, 0.3) is 0 Å². The largest absolute Gasteiger partial charge is 0.379 e. The highest BCUT2D eigenvalue weighted by Crippen LogP contribution is 2.20. The van der Waals surface area contributed by atoms with E-state index in [1.54, 1.807) is 12.1 Å². The fraction of sp³-hybridized carbons (Fsp3) is 0.350. The standard InChI is InChI=1S/C20H24N2O4S/c1-16(23)18-8-5-9-19(14-18)27(24,25)21-20(17-6-3-2-4-7-17)15-22-10-12-26-13-11-22/h2-9,14,20-21H,10-13,15H2,1H3. The summed E-state index contributed by atoms with van der Waals surface area (Å²) in [6, 6.07) is 15.3. The van der Waals surface area contributed by atoms with Gasteiger partial charge in [0, 0.05) is 25.2 Å². The number of Topliss-reactive ketones (excluding diaryl/α,β-unsaturated/α-hetero) is 1. The number of benzene rings is 2. The number of hydrogen-bond acceptors (Lipinski definition) is 5. The van der Waals surface area contributed by atoms with E-state index in [2.05, 4.69) is 9.62 Å². The van der Waals surface area contributed by atoms with Crippen LogP contribution in [0.3, 0.4) is 0 Å². The second-order valence-electron chi connectivity index (χ2n) is 6.58. The van der Waals surface area contributed by atoms with Gasteiger partial charge < -0.3 is 4.74 Å². The van der Waals surface area contributed by atoms with Gasteiger partial charge in [0.2, 0.25) is 10.0 Å². The first kappa shape index (κ1) is 19.7. The molecule has 0 radical (unpaired) electrons. The zero-order chi connectivity index (χ0) is 19.3. The quantitative estimate of drug-likeness (QED) is 0.736. The predicted octanol–water partition coefficient (Wildman–Crippen LogP) is 2.24. The van der Waals surface area contributed by atoms with E-state index >= 15 is 0 Å². The number of carbonyl (C=O) groups excluding carboxylic acids is 1. The molecule has 1 atom stereocenters. The summed E-state index contributed by atoms with van der Waals surface area (Å²) >= 11 is 0. The predicted molar refractivity (Wildman–Crippen MR) is 103 cm³/mol. The Morgan fingerprint density at radius 2 is 1.81 bits per heavy atom. The van der Waals surface area contributed by atoms with Gasteiger partial charge in [-0.05, 0) is 24.6 Å². The first-order chi connectivity index (χ1) is 13.0. The molecule has 3 rings (SSSR count). The van der Waals surface area contributed by atoms with E-state index in [0.717, 1.165) is 18.7 Å². The van der Waals surface area contributed by atoms with Gasteiger partial charge in [-0.1, -0.05) is 42.5 Å². The summed E-state index contributed by atoms with van der Waals surface area (Å²) in [6.45, 7) is 4.81. The van der Waals surface area contributed by atoms with Crippen molar-refractivity contribution in [1.82, 2.24) is 9.62 Å². The van der Waals surface area contributed by atoms with Crippen molar-refractivity contribution in [3.63, 3.8) is 0 Å². The van der Waals surface area contributed by atoms with E-state index in [0.29, 0.717) is 25.3 Å². The summed E-state index contributed by atoms with van der Waals surface area (Å²) in [5.74, 6) is -0.167. The molecule has 1 saturated heterocycles. The number of carbonyl (C=O) groups is 1. The highest BCUT2D eigenvalue weighted by atomic mass is 32.2. The second kappa shape index (κ2) is 8.75. The van der Waals surface area contributed by atoms with Crippen molar-refractivity contribution >= 4 is 15.8 Å². The molecule has 2 aromatic rings. The fourth-order valence-corrected chi connectivity index (χ4v) is 4.34. The number of nitrogens with one attached hydrogen (secondary N) is 1. The van der Waals surface area contributed by atoms with E-state index in [1.807, 2.05) is 30.3 Å². The van der Waals surface area contributed by atoms with Crippen LogP contribution in [-0.2, 0) is 14.8 Å². The van der Waals surface area contributed by atoms with Crippen LogP contribution in [0, 0.1) is 0 Å². The van der Waals surface area contributed by atoms with Crippen molar-refractivity contribution in [2.24, 2.45) is 0 Å². The Morgan fingerprint density at radius 1 is 1.11 bits per heavy atom. The minimum atomic E-state index is -3.77. The monoisotopic (exact) mass is 388 g/mol. The SMILES string of the molecule is CC(=O)c1cccc(S(=O)(=O)NC(CN2CCOCC2)c2ccccc2)c1. The molecule has 0 bridgehead atoms. The molecule has 144 valence electrons. The zero-order valence-electron chi connectivity index (χ0n) is 15.3. The molecule has 1 N–H and O–H groups in total. The van der Waals surface area contributed by atoms with Crippen LogP contribution >= 0.6 is 0 Å². The first-order valence-corrected chi connectivity index (χ1v) is 10.4. The summed E-state index contributed by atoms with van der Waals surface area (Å²) in [7, 11) is -3.77. The summed E-state index contributed by atoms with van der Waals surface area (Å²) in [6.07, 6.45) is 0. The molecule has 1 unspecified atom stereocenters. The minimum Gasteiger partial charge on any atom is -0.379 e. The number of nitrogens with zero attached hydrogens (tertiary/aromatic N) is 1. The lowest BCUT2D eigenvalue weighted by atomic mass is 10.1. The lowest BCUT2D eigenvalue weighted by Gasteiger charge is -2.31. The molecule has 6 nitrogen and oxygen atoms in total. The van der Waals surface area contributed by atoms with Crippen LogP contribution in [0.4, 0.5) is 0 Å². The number of rotatable bonds is 7. The average Bonchev–Trinajstić information content (AvgIpc) is 2.69. The lowest BCUT2D eigenvalue weighted by molar-refractivity contribution is 0.0345. The second-order valence-corrected chi connectivity index (χ2v) is 8.30. The molecule has 1 heterocycles. The van der Waals surface area contributed by atoms with Gasteiger partial charge in [0.25, 0.3) is 0 Å². The highest BCUT2D eigenvalue weighted by molar-refractivity contribution is 7.89. The highest BCUT2D eigenvalue weighted by Gasteiger charge is 2.24. The Hall–Kier alpha value is -2.06. The van der Waals surface area contributed by atoms with Crippen LogP contribution in [-0.4, -0.2) is 51.9 Å². The number of morpholine rings is 1. The summed E-state index contributed by atoms with van der Waals surface area (Å²) in [5, 5.41) is 0. The van der Waals surface area contributed by atoms with Crippen molar-refractivity contribution in [2.45, 2.75) is 17.9 Å². The van der Waals surface area contributed by atoms with Gasteiger partial charge in [0.15, 0.2) is 5.78 Å². The third-order valence-electron chi connectivity index (χ3n) is 4.59. The van der Waals surface area contributed by atoms with Gasteiger partial charge in [-0.3, -0.25) is 9.69 Å². The summed E-state index contributed by atoms with van der Waals surface area (Å²) in [5.41, 5.74) is 1.28. The van der Waals surface area contributed by atoms with Crippen LogP contribution in [0.15, 0.2) is 59.5 Å². The first-order valence-electron chi connectivity index (χ1n) is 8.94. The smallest absolute Gasteiger partial charge is 0.241 e. The van der Waals surface area contributed by atoms with Crippen molar-refractivity contribution in [2.75, 3.05) is 32.8 Å². The molecule has 1 aliphatic heterocycles. The van der Waals surface area contributed by atoms with Crippen molar-refractivity contribution in [1.29, 1.82) is 0 Å². The van der Waals surface area contributed by atoms with Crippen LogP contribution in [0.2, 0.25) is 0 Å². The summed E-state index contributed by atoms with van der Waals surface area (Å²) < 4.78 is 34.1. The van der Waals surface area contributed by atoms with Gasteiger partial charge in [-0.15, -0.1) is 0 Å². The van der Waals surface area contributed by atoms with Gasteiger partial charge in [0.1, 0.15) is 0 Å². The average molecular weight is 388 g/mol. The van der Waals surface area contributed by atoms with Crippen molar-refractivity contribution in [3.8, 4) is 0 Å². The normalized spacial score (nSPS) is 16.8. The fourth-order valence-electron chi connectivity index (χ4n) is 3.08. The molecule has 0 saturated carbocycles. The maximum Gasteiger partial charge on any atom is 0.241 e. The molecular weight excluding hydrogens is 364 g/mol. The molecule has 0 aliphatic carbocycles. The topological polar surface area (TPSA) is 75.7 Å². The Labute approximate surface area is 160 Å². The molecule has 0 amide bonds. The maximum absolute atomic E-state index is 13.0. The number of ether oxygens (including phenoxy) is 1. The molecule has 27 heavy (non-hydrogen) atoms. The van der Waals surface area contributed by atoms with Crippen molar-refractivity contribution < 1.29 is 17.9 Å². The van der Waals surface area contributed by atoms with E-state index < -0.39 is 16.1 Å². The molecule has 1 fully saturated rings. The third kappa shape index (κ3) is 5.23. The van der Waals surface area contributed by atoms with E-state index in [-0.39, 0.29) is 10.7 Å². The maximum atomic E-state index is 13.0. The Kier molecular flexibility index (Phi) is 6.38. The molecular formula is C20H24N2O4S. The van der Waals surface area contributed by atoms with Gasteiger partial charge in [-0.25, -0.2) is 13.1 Å². The lowest BCUT2D eigenvalue weighted by Crippen LogP contribution is -2.43. The van der Waals surface area contributed by atoms with Crippen molar-refractivity contribution in [3.05, 3.63) is 65.7 Å². The number of ketones is 1. The Balaban J connectivity index is 1.86. The van der Waals surface area contributed by atoms with E-state index in [1.165, 1.54) is 19.1 Å². The Morgan fingerprint density at radius 3 is 2.48 bits per heavy atom. The molecule has 0 aromatic heterocycles. The van der Waals surface area contributed by atoms with E-state index in [4.69, 9.17) is 4.74 Å². The van der Waals surface area contributed by atoms with Gasteiger partial charge in [-0.2, -0.15) is 0 Å². The third-order valence-corrected chi connectivity index (χ3v) is 6.06. The van der Waals surface area contributed by atoms with Gasteiger partial charge >= 0.3 is 0 Å². The molecule has 0 spiro atoms. The zero-order valence-corrected chi connectivity index (χ0v) is 16.1. The minimum absolute atomic E-state index is 0.0955. The molecule has 2 aromatic carbocycles. The van der Waals surface area contributed by atoms with Crippen LogP contribution < -0.4 is 4.72 Å². The molecule has 1 aliphatic rings. The summed E-state index contributed by atoms with van der Waals surface area (Å²) in [4.78, 5) is 13.9. The van der Waals surface area contributed by atoms with Crippen LogP contribution in [0.5, 0.6) is 0 Å². The van der Waals surface area contributed by atoms with Crippen LogP contribution in [0.1, 0.15) is 28.9 Å². The molecule has 7 heteroatoms. The van der Waals surface area contributed by atoms with E-state index in [9.17, 15) is 13.2 Å². The van der Waals surface area contributed by atoms with Gasteiger partial charge in [0.05, 0.1) is 24.2 Å².